The number of aromatic nitrogens is 1. The topological polar surface area (TPSA) is 37.8 Å². The van der Waals surface area contributed by atoms with Gasteiger partial charge in [-0.2, -0.15) is 0 Å². The molecular weight excluding hydrogens is 394 g/mol. The van der Waals surface area contributed by atoms with Gasteiger partial charge in [0.25, 0.3) is 0 Å². The molecule has 158 valence electrons. The van der Waals surface area contributed by atoms with Gasteiger partial charge in [-0.15, -0.1) is 11.3 Å². The molecule has 3 aromatic rings. The average molecular weight is 424 g/mol. The van der Waals surface area contributed by atoms with Crippen LogP contribution in [0.1, 0.15) is 21.6 Å². The Kier molecular flexibility index (Phi) is 7.48. The zero-order valence-electron chi connectivity index (χ0n) is 17.5. The SMILES string of the molecule is COc1ccc(CN(Cc2cccnc2)Cc2cccs2)cc1CN1CCOCC1. The number of benzene rings is 1. The third-order valence-electron chi connectivity index (χ3n) is 5.34. The van der Waals surface area contributed by atoms with Crippen LogP contribution in [-0.4, -0.2) is 48.2 Å². The van der Waals surface area contributed by atoms with Crippen molar-refractivity contribution in [3.05, 3.63) is 81.8 Å². The molecule has 6 heteroatoms. The van der Waals surface area contributed by atoms with Gasteiger partial charge in [0, 0.05) is 62.1 Å². The highest BCUT2D eigenvalue weighted by atomic mass is 32.1. The van der Waals surface area contributed by atoms with E-state index in [1.165, 1.54) is 21.6 Å². The minimum absolute atomic E-state index is 0.807. The van der Waals surface area contributed by atoms with Gasteiger partial charge < -0.3 is 9.47 Å². The van der Waals surface area contributed by atoms with Crippen molar-refractivity contribution in [3.8, 4) is 5.75 Å². The van der Waals surface area contributed by atoms with Gasteiger partial charge in [0.2, 0.25) is 0 Å². The number of pyridine rings is 1. The molecule has 0 amide bonds. The van der Waals surface area contributed by atoms with E-state index in [9.17, 15) is 0 Å². The van der Waals surface area contributed by atoms with Crippen LogP contribution in [0.25, 0.3) is 0 Å². The number of morpholine rings is 1. The van der Waals surface area contributed by atoms with E-state index in [2.05, 4.69) is 56.6 Å². The predicted octanol–water partition coefficient (Wildman–Crippen LogP) is 4.19. The molecule has 0 spiro atoms. The number of hydrogen-bond donors (Lipinski definition) is 0. The van der Waals surface area contributed by atoms with Crippen molar-refractivity contribution >= 4 is 11.3 Å². The molecule has 1 aliphatic rings. The van der Waals surface area contributed by atoms with Crippen LogP contribution in [0, 0.1) is 0 Å². The summed E-state index contributed by atoms with van der Waals surface area (Å²) in [5, 5.41) is 2.14. The monoisotopic (exact) mass is 423 g/mol. The molecule has 1 fully saturated rings. The maximum Gasteiger partial charge on any atom is 0.123 e. The van der Waals surface area contributed by atoms with Crippen LogP contribution in [0.4, 0.5) is 0 Å². The maximum absolute atomic E-state index is 5.65. The lowest BCUT2D eigenvalue weighted by molar-refractivity contribution is 0.0338. The lowest BCUT2D eigenvalue weighted by atomic mass is 10.1. The van der Waals surface area contributed by atoms with Crippen molar-refractivity contribution in [2.24, 2.45) is 0 Å². The Morgan fingerprint density at radius 3 is 2.67 bits per heavy atom. The van der Waals surface area contributed by atoms with E-state index in [0.29, 0.717) is 0 Å². The second-order valence-electron chi connectivity index (χ2n) is 7.62. The van der Waals surface area contributed by atoms with E-state index in [-0.39, 0.29) is 0 Å². The molecule has 1 aliphatic heterocycles. The highest BCUT2D eigenvalue weighted by molar-refractivity contribution is 7.09. The molecule has 4 rings (SSSR count). The highest BCUT2D eigenvalue weighted by Crippen LogP contribution is 2.24. The van der Waals surface area contributed by atoms with E-state index in [1.54, 1.807) is 7.11 Å². The van der Waals surface area contributed by atoms with Gasteiger partial charge in [0.05, 0.1) is 20.3 Å². The molecule has 0 N–H and O–H groups in total. The molecule has 1 aromatic carbocycles. The number of hydrogen-bond acceptors (Lipinski definition) is 6. The Bertz CT molecular complexity index is 896. The molecule has 1 saturated heterocycles. The van der Waals surface area contributed by atoms with Crippen molar-refractivity contribution in [1.29, 1.82) is 0 Å². The van der Waals surface area contributed by atoms with Gasteiger partial charge >= 0.3 is 0 Å². The number of thiophene rings is 1. The minimum Gasteiger partial charge on any atom is -0.496 e. The number of rotatable bonds is 9. The summed E-state index contributed by atoms with van der Waals surface area (Å²) in [7, 11) is 1.75. The quantitative estimate of drug-likeness (QED) is 0.516. The molecule has 0 atom stereocenters. The summed E-state index contributed by atoms with van der Waals surface area (Å²) in [5.41, 5.74) is 3.78. The van der Waals surface area contributed by atoms with Crippen LogP contribution in [0.2, 0.25) is 0 Å². The van der Waals surface area contributed by atoms with Crippen LogP contribution >= 0.6 is 11.3 Å². The summed E-state index contributed by atoms with van der Waals surface area (Å²) in [6.07, 6.45) is 3.79. The van der Waals surface area contributed by atoms with E-state index >= 15 is 0 Å². The first kappa shape index (κ1) is 21.0. The summed E-state index contributed by atoms with van der Waals surface area (Å²) in [5.74, 6) is 0.960. The average Bonchev–Trinajstić information content (AvgIpc) is 3.28. The van der Waals surface area contributed by atoms with Crippen LogP contribution < -0.4 is 4.74 Å². The number of ether oxygens (including phenoxy) is 2. The fourth-order valence-corrected chi connectivity index (χ4v) is 4.60. The standard InChI is InChI=1S/C24H29N3O2S/c1-28-24-7-6-20(14-22(24)18-26-9-11-29-12-10-26)16-27(19-23-5-3-13-30-23)17-21-4-2-8-25-15-21/h2-8,13-15H,9-12,16-19H2,1H3. The molecule has 5 nitrogen and oxygen atoms in total. The summed E-state index contributed by atoms with van der Waals surface area (Å²) >= 11 is 1.81. The van der Waals surface area contributed by atoms with Gasteiger partial charge in [-0.05, 0) is 40.8 Å². The third-order valence-corrected chi connectivity index (χ3v) is 6.20. The smallest absolute Gasteiger partial charge is 0.123 e. The number of methoxy groups -OCH3 is 1. The zero-order chi connectivity index (χ0) is 20.6. The lowest BCUT2D eigenvalue weighted by Crippen LogP contribution is -2.35. The molecule has 0 radical (unpaired) electrons. The lowest BCUT2D eigenvalue weighted by Gasteiger charge is -2.28. The Hall–Kier alpha value is -2.25. The fraction of sp³-hybridized carbons (Fsp3) is 0.375. The summed E-state index contributed by atoms with van der Waals surface area (Å²) in [6, 6.07) is 15.1. The first-order chi connectivity index (χ1) is 14.8. The predicted molar refractivity (Wildman–Crippen MR) is 121 cm³/mol. The molecule has 0 aliphatic carbocycles. The Morgan fingerprint density at radius 2 is 1.93 bits per heavy atom. The molecule has 0 saturated carbocycles. The van der Waals surface area contributed by atoms with Crippen molar-refractivity contribution in [2.75, 3.05) is 33.4 Å². The Balaban J connectivity index is 1.51. The first-order valence-electron chi connectivity index (χ1n) is 10.4. The normalized spacial score (nSPS) is 14.9. The van der Waals surface area contributed by atoms with Crippen LogP contribution in [0.3, 0.4) is 0 Å². The first-order valence-corrected chi connectivity index (χ1v) is 11.3. The largest absolute Gasteiger partial charge is 0.496 e. The van der Waals surface area contributed by atoms with Crippen molar-refractivity contribution in [3.63, 3.8) is 0 Å². The van der Waals surface area contributed by atoms with Crippen LogP contribution in [0.15, 0.2) is 60.2 Å². The maximum atomic E-state index is 5.65. The Labute approximate surface area is 182 Å². The molecule has 0 unspecified atom stereocenters. The second kappa shape index (κ2) is 10.7. The molecule has 30 heavy (non-hydrogen) atoms. The van der Waals surface area contributed by atoms with Gasteiger partial charge in [0.15, 0.2) is 0 Å². The van der Waals surface area contributed by atoms with E-state index in [0.717, 1.165) is 58.2 Å². The highest BCUT2D eigenvalue weighted by Gasteiger charge is 2.15. The van der Waals surface area contributed by atoms with Crippen LogP contribution in [-0.2, 0) is 30.9 Å². The van der Waals surface area contributed by atoms with Gasteiger partial charge in [-0.1, -0.05) is 18.2 Å². The van der Waals surface area contributed by atoms with Gasteiger partial charge in [-0.25, -0.2) is 0 Å². The molecular formula is C24H29N3O2S. The van der Waals surface area contributed by atoms with Crippen molar-refractivity contribution < 1.29 is 9.47 Å². The van der Waals surface area contributed by atoms with Gasteiger partial charge in [-0.3, -0.25) is 14.8 Å². The number of nitrogens with zero attached hydrogens (tertiary/aromatic N) is 3. The summed E-state index contributed by atoms with van der Waals surface area (Å²) in [4.78, 5) is 10.6. The minimum atomic E-state index is 0.807. The van der Waals surface area contributed by atoms with E-state index < -0.39 is 0 Å². The fourth-order valence-electron chi connectivity index (χ4n) is 3.85. The molecule has 0 bridgehead atoms. The van der Waals surface area contributed by atoms with Crippen molar-refractivity contribution in [1.82, 2.24) is 14.8 Å². The summed E-state index contributed by atoms with van der Waals surface area (Å²) < 4.78 is 11.1. The summed E-state index contributed by atoms with van der Waals surface area (Å²) in [6.45, 7) is 7.13. The zero-order valence-corrected chi connectivity index (χ0v) is 18.3. The van der Waals surface area contributed by atoms with Gasteiger partial charge in [0.1, 0.15) is 5.75 Å². The van der Waals surface area contributed by atoms with Crippen molar-refractivity contribution in [2.45, 2.75) is 26.2 Å². The van der Waals surface area contributed by atoms with E-state index in [1.807, 2.05) is 29.8 Å². The molecule has 3 heterocycles. The third kappa shape index (κ3) is 5.89. The Morgan fingerprint density at radius 1 is 1.07 bits per heavy atom. The van der Waals surface area contributed by atoms with E-state index in [4.69, 9.17) is 9.47 Å². The van der Waals surface area contributed by atoms with Crippen LogP contribution in [0.5, 0.6) is 5.75 Å². The second-order valence-corrected chi connectivity index (χ2v) is 8.65. The molecule has 2 aromatic heterocycles.